The Morgan fingerprint density at radius 1 is 1.25 bits per heavy atom. The third-order valence-corrected chi connectivity index (χ3v) is 6.15. The number of fused-ring (bicyclic) bond motifs is 1. The van der Waals surface area contributed by atoms with E-state index >= 15 is 0 Å². The van der Waals surface area contributed by atoms with Crippen molar-refractivity contribution >= 4 is 5.91 Å². The number of carbonyl (C=O) groups is 1. The van der Waals surface area contributed by atoms with Gasteiger partial charge in [0, 0.05) is 51.2 Å². The molecule has 2 heterocycles. The van der Waals surface area contributed by atoms with Crippen LogP contribution < -0.4 is 10.9 Å². The lowest BCUT2D eigenvalue weighted by Gasteiger charge is -2.32. The van der Waals surface area contributed by atoms with Crippen molar-refractivity contribution in [3.05, 3.63) is 45.9 Å². The Balaban J connectivity index is 1.64. The van der Waals surface area contributed by atoms with Gasteiger partial charge >= 0.3 is 6.18 Å². The van der Waals surface area contributed by atoms with Gasteiger partial charge in [-0.25, -0.2) is 0 Å². The molecule has 0 saturated carbocycles. The summed E-state index contributed by atoms with van der Waals surface area (Å²) in [5.41, 5.74) is -1.47. The molecule has 1 aliphatic carbocycles. The summed E-state index contributed by atoms with van der Waals surface area (Å²) in [5.74, 6) is -0.507. The SMILES string of the molecule is CC[C@H](N[C@@H]1C=C[C@H](C(=O)N2CCn3c(cc(C(F)(F)F)cc3=O)C2)C1)[C@@H](COC)OC. The van der Waals surface area contributed by atoms with Gasteiger partial charge in [0.25, 0.3) is 5.56 Å². The number of alkyl halides is 3. The number of nitrogens with one attached hydrogen (secondary N) is 1. The van der Waals surface area contributed by atoms with Crippen LogP contribution in [0.4, 0.5) is 13.2 Å². The normalized spacial score (nSPS) is 22.6. The average molecular weight is 457 g/mol. The molecule has 0 bridgehead atoms. The average Bonchev–Trinajstić information content (AvgIpc) is 3.23. The fourth-order valence-electron chi connectivity index (χ4n) is 4.40. The Hall–Kier alpha value is -2.17. The molecule has 0 saturated heterocycles. The molecular formula is C22H30F3N3O4. The summed E-state index contributed by atoms with van der Waals surface area (Å²) in [6, 6.07) is 1.61. The number of hydrogen-bond donors (Lipinski definition) is 1. The van der Waals surface area contributed by atoms with Crippen LogP contribution in [0.1, 0.15) is 31.0 Å². The van der Waals surface area contributed by atoms with E-state index in [4.69, 9.17) is 9.47 Å². The fourth-order valence-corrected chi connectivity index (χ4v) is 4.40. The Labute approximate surface area is 185 Å². The van der Waals surface area contributed by atoms with Crippen LogP contribution in [0.2, 0.25) is 0 Å². The van der Waals surface area contributed by atoms with E-state index in [1.54, 1.807) is 14.2 Å². The van der Waals surface area contributed by atoms with Crippen LogP contribution in [0.25, 0.3) is 0 Å². The molecule has 1 aromatic rings. The maximum atomic E-state index is 13.1. The van der Waals surface area contributed by atoms with E-state index in [2.05, 4.69) is 5.32 Å². The zero-order valence-electron chi connectivity index (χ0n) is 18.5. The van der Waals surface area contributed by atoms with Crippen molar-refractivity contribution in [3.8, 4) is 0 Å². The highest BCUT2D eigenvalue weighted by atomic mass is 19.4. The topological polar surface area (TPSA) is 72.8 Å². The van der Waals surface area contributed by atoms with Crippen LogP contribution in [0.3, 0.4) is 0 Å². The summed E-state index contributed by atoms with van der Waals surface area (Å²) in [4.78, 5) is 26.7. The molecule has 0 unspecified atom stereocenters. The number of amides is 1. The van der Waals surface area contributed by atoms with E-state index < -0.39 is 17.3 Å². The minimum atomic E-state index is -4.60. The van der Waals surface area contributed by atoms with Crippen molar-refractivity contribution in [2.75, 3.05) is 27.4 Å². The van der Waals surface area contributed by atoms with E-state index in [1.165, 1.54) is 9.47 Å². The standard InChI is InChI=1S/C22H30F3N3O4/c1-4-18(19(32-3)13-31-2)26-16-6-5-14(9-16)21(30)27-7-8-28-17(12-27)10-15(11-20(28)29)22(23,24)25/h5-6,10-11,14,16,18-19,26H,4,7-9,12-13H2,1-3H3/t14-,16+,18-,19+/m0/s1. The van der Waals surface area contributed by atoms with Crippen LogP contribution in [0.15, 0.2) is 29.1 Å². The molecule has 7 nitrogen and oxygen atoms in total. The Morgan fingerprint density at radius 2 is 2.00 bits per heavy atom. The predicted molar refractivity (Wildman–Crippen MR) is 112 cm³/mol. The highest BCUT2D eigenvalue weighted by Crippen LogP contribution is 2.30. The summed E-state index contributed by atoms with van der Waals surface area (Å²) in [6.07, 6.45) is 0.461. The van der Waals surface area contributed by atoms with Crippen LogP contribution in [0.5, 0.6) is 0 Å². The number of hydrogen-bond acceptors (Lipinski definition) is 5. The third kappa shape index (κ3) is 5.41. The summed E-state index contributed by atoms with van der Waals surface area (Å²) in [5, 5.41) is 3.50. The van der Waals surface area contributed by atoms with Gasteiger partial charge in [0.05, 0.1) is 30.7 Å². The van der Waals surface area contributed by atoms with E-state index in [-0.39, 0.29) is 55.3 Å². The maximum Gasteiger partial charge on any atom is 0.416 e. The highest BCUT2D eigenvalue weighted by Gasteiger charge is 2.35. The summed E-state index contributed by atoms with van der Waals surface area (Å²) in [7, 11) is 3.25. The predicted octanol–water partition coefficient (Wildman–Crippen LogP) is 2.18. The van der Waals surface area contributed by atoms with Crippen molar-refractivity contribution in [1.29, 1.82) is 0 Å². The molecule has 0 spiro atoms. The van der Waals surface area contributed by atoms with Crippen molar-refractivity contribution in [1.82, 2.24) is 14.8 Å². The van der Waals surface area contributed by atoms with Crippen LogP contribution >= 0.6 is 0 Å². The molecule has 1 amide bonds. The van der Waals surface area contributed by atoms with Crippen LogP contribution in [-0.4, -0.2) is 60.9 Å². The molecule has 3 rings (SSSR count). The first-order valence-corrected chi connectivity index (χ1v) is 10.7. The minimum Gasteiger partial charge on any atom is -0.382 e. The third-order valence-electron chi connectivity index (χ3n) is 6.15. The molecule has 1 aromatic heterocycles. The number of rotatable bonds is 8. The lowest BCUT2D eigenvalue weighted by Crippen LogP contribution is -2.47. The second-order valence-electron chi connectivity index (χ2n) is 8.23. The monoisotopic (exact) mass is 457 g/mol. The molecule has 0 aromatic carbocycles. The Kier molecular flexibility index (Phi) is 7.79. The van der Waals surface area contributed by atoms with Gasteiger partial charge in [-0.15, -0.1) is 0 Å². The molecule has 178 valence electrons. The number of aromatic nitrogens is 1. The Morgan fingerprint density at radius 3 is 2.62 bits per heavy atom. The molecule has 2 aliphatic rings. The number of halogens is 3. The largest absolute Gasteiger partial charge is 0.416 e. The maximum absolute atomic E-state index is 13.1. The molecule has 1 N–H and O–H groups in total. The van der Waals surface area contributed by atoms with Crippen LogP contribution in [0, 0.1) is 5.92 Å². The lowest BCUT2D eigenvalue weighted by molar-refractivity contribution is -0.137. The van der Waals surface area contributed by atoms with Crippen molar-refractivity contribution in [3.63, 3.8) is 0 Å². The van der Waals surface area contributed by atoms with Crippen molar-refractivity contribution in [2.24, 2.45) is 5.92 Å². The van der Waals surface area contributed by atoms with Crippen molar-refractivity contribution < 1.29 is 27.4 Å². The molecule has 0 radical (unpaired) electrons. The number of carbonyl (C=O) groups excluding carboxylic acids is 1. The first kappa shape index (κ1) is 24.5. The van der Waals surface area contributed by atoms with Gasteiger partial charge in [-0.1, -0.05) is 19.1 Å². The zero-order chi connectivity index (χ0) is 23.5. The van der Waals surface area contributed by atoms with Gasteiger partial charge in [0.15, 0.2) is 0 Å². The van der Waals surface area contributed by atoms with E-state index in [9.17, 15) is 22.8 Å². The molecule has 0 fully saturated rings. The smallest absolute Gasteiger partial charge is 0.382 e. The molecule has 10 heteroatoms. The molecule has 4 atom stereocenters. The highest BCUT2D eigenvalue weighted by molar-refractivity contribution is 5.81. The summed E-state index contributed by atoms with van der Waals surface area (Å²) in [6.45, 7) is 2.95. The minimum absolute atomic E-state index is 0.0139. The van der Waals surface area contributed by atoms with Gasteiger partial charge < -0.3 is 24.3 Å². The van der Waals surface area contributed by atoms with E-state index in [0.29, 0.717) is 19.1 Å². The lowest BCUT2D eigenvalue weighted by atomic mass is 10.0. The molecular weight excluding hydrogens is 427 g/mol. The Bertz CT molecular complexity index is 899. The summed E-state index contributed by atoms with van der Waals surface area (Å²) >= 11 is 0. The quantitative estimate of drug-likeness (QED) is 0.606. The van der Waals surface area contributed by atoms with Crippen LogP contribution in [-0.2, 0) is 33.5 Å². The van der Waals surface area contributed by atoms with Crippen molar-refractivity contribution in [2.45, 2.75) is 57.2 Å². The second-order valence-corrected chi connectivity index (χ2v) is 8.23. The number of methoxy groups -OCH3 is 2. The van der Waals surface area contributed by atoms with E-state index in [0.717, 1.165) is 12.5 Å². The first-order valence-electron chi connectivity index (χ1n) is 10.7. The number of nitrogens with zero attached hydrogens (tertiary/aromatic N) is 2. The van der Waals surface area contributed by atoms with E-state index in [1.807, 2.05) is 19.1 Å². The molecule has 32 heavy (non-hydrogen) atoms. The summed E-state index contributed by atoms with van der Waals surface area (Å²) < 4.78 is 51.3. The molecule has 1 aliphatic heterocycles. The fraction of sp³-hybridized carbons (Fsp3) is 0.636. The second kappa shape index (κ2) is 10.2. The van der Waals surface area contributed by atoms with Gasteiger partial charge in [0.1, 0.15) is 0 Å². The van der Waals surface area contributed by atoms with Gasteiger partial charge in [0.2, 0.25) is 5.91 Å². The van der Waals surface area contributed by atoms with Gasteiger partial charge in [-0.05, 0) is 18.9 Å². The first-order chi connectivity index (χ1) is 15.2. The number of pyridine rings is 1. The zero-order valence-corrected chi connectivity index (χ0v) is 18.5. The van der Waals surface area contributed by atoms with Gasteiger partial charge in [-0.2, -0.15) is 13.2 Å². The van der Waals surface area contributed by atoms with Gasteiger partial charge in [-0.3, -0.25) is 9.59 Å². The number of ether oxygens (including phenoxy) is 2.